The molecule has 3 rings (SSSR count). The van der Waals surface area contributed by atoms with E-state index < -0.39 is 0 Å². The molecule has 0 spiro atoms. The zero-order chi connectivity index (χ0) is 14.8. The van der Waals surface area contributed by atoms with Crippen LogP contribution in [0.1, 0.15) is 5.56 Å². The number of nitrogens with zero attached hydrogens (tertiary/aromatic N) is 4. The van der Waals surface area contributed by atoms with E-state index in [9.17, 15) is 0 Å². The van der Waals surface area contributed by atoms with Gasteiger partial charge in [0, 0.05) is 16.3 Å². The van der Waals surface area contributed by atoms with Crippen molar-refractivity contribution >= 4 is 33.2 Å². The molecule has 106 valence electrons. The third kappa shape index (κ3) is 2.77. The quantitative estimate of drug-likeness (QED) is 0.723. The van der Waals surface area contributed by atoms with Gasteiger partial charge in [-0.25, -0.2) is 4.68 Å². The summed E-state index contributed by atoms with van der Waals surface area (Å²) in [6.07, 6.45) is 0. The number of nitrogen functional groups attached to an aromatic ring is 1. The van der Waals surface area contributed by atoms with E-state index in [1.165, 1.54) is 0 Å². The fourth-order valence-electron chi connectivity index (χ4n) is 2.01. The summed E-state index contributed by atoms with van der Waals surface area (Å²) in [6.45, 7) is 0.489. The van der Waals surface area contributed by atoms with E-state index >= 15 is 0 Å². The lowest BCUT2D eigenvalue weighted by molar-refractivity contribution is 0.653. The molecular formula is C14H11BrClN5. The predicted octanol–water partition coefficient (Wildman–Crippen LogP) is 3.39. The Bertz CT molecular complexity index is 787. The molecule has 0 radical (unpaired) electrons. The standard InChI is InChI=1S/C14H11BrClN5/c15-13-10(5-3-7-12(13)17)14-18-19-20-21(14)8-9-4-1-2-6-11(9)16/h1-7H,8,17H2. The van der Waals surface area contributed by atoms with Crippen LogP contribution < -0.4 is 5.73 Å². The summed E-state index contributed by atoms with van der Waals surface area (Å²) in [5.74, 6) is 0.633. The Balaban J connectivity index is 2.02. The Morgan fingerprint density at radius 2 is 1.95 bits per heavy atom. The van der Waals surface area contributed by atoms with Crippen LogP contribution >= 0.6 is 27.5 Å². The molecule has 0 aliphatic carbocycles. The summed E-state index contributed by atoms with van der Waals surface area (Å²) >= 11 is 9.66. The van der Waals surface area contributed by atoms with Crippen molar-refractivity contribution in [2.75, 3.05) is 5.73 Å². The van der Waals surface area contributed by atoms with Gasteiger partial charge < -0.3 is 5.73 Å². The largest absolute Gasteiger partial charge is 0.398 e. The summed E-state index contributed by atoms with van der Waals surface area (Å²) in [6, 6.07) is 13.2. The van der Waals surface area contributed by atoms with E-state index in [0.29, 0.717) is 23.1 Å². The Kier molecular flexibility index (Phi) is 3.90. The lowest BCUT2D eigenvalue weighted by Gasteiger charge is -2.08. The zero-order valence-electron chi connectivity index (χ0n) is 10.9. The van der Waals surface area contributed by atoms with Gasteiger partial charge in [-0.05, 0) is 50.1 Å². The van der Waals surface area contributed by atoms with Crippen molar-refractivity contribution in [1.82, 2.24) is 20.2 Å². The fraction of sp³-hybridized carbons (Fsp3) is 0.0714. The highest BCUT2D eigenvalue weighted by Crippen LogP contribution is 2.31. The van der Waals surface area contributed by atoms with Crippen LogP contribution in [0.2, 0.25) is 5.02 Å². The molecule has 2 N–H and O–H groups in total. The maximum Gasteiger partial charge on any atom is 0.183 e. The number of halogens is 2. The van der Waals surface area contributed by atoms with Gasteiger partial charge in [0.2, 0.25) is 0 Å². The minimum Gasteiger partial charge on any atom is -0.398 e. The molecule has 0 saturated carbocycles. The predicted molar refractivity (Wildman–Crippen MR) is 85.9 cm³/mol. The van der Waals surface area contributed by atoms with Crippen LogP contribution in [0.4, 0.5) is 5.69 Å². The van der Waals surface area contributed by atoms with Crippen molar-refractivity contribution in [1.29, 1.82) is 0 Å². The fourth-order valence-corrected chi connectivity index (χ4v) is 2.65. The van der Waals surface area contributed by atoms with Crippen LogP contribution in [0.3, 0.4) is 0 Å². The lowest BCUT2D eigenvalue weighted by atomic mass is 10.2. The number of rotatable bonds is 3. The van der Waals surface area contributed by atoms with Gasteiger partial charge >= 0.3 is 0 Å². The Labute approximate surface area is 134 Å². The van der Waals surface area contributed by atoms with Crippen LogP contribution in [-0.4, -0.2) is 20.2 Å². The first-order valence-corrected chi connectivity index (χ1v) is 7.38. The molecule has 1 heterocycles. The monoisotopic (exact) mass is 363 g/mol. The van der Waals surface area contributed by atoms with Crippen LogP contribution in [0.15, 0.2) is 46.9 Å². The molecule has 3 aromatic rings. The smallest absolute Gasteiger partial charge is 0.183 e. The Morgan fingerprint density at radius 3 is 2.76 bits per heavy atom. The molecule has 0 atom stereocenters. The van der Waals surface area contributed by atoms with E-state index in [1.54, 1.807) is 4.68 Å². The number of anilines is 1. The molecule has 0 aliphatic rings. The summed E-state index contributed by atoms with van der Waals surface area (Å²) in [5, 5.41) is 12.6. The summed E-state index contributed by atoms with van der Waals surface area (Å²) in [4.78, 5) is 0. The molecule has 0 aliphatic heterocycles. The number of nitrogens with two attached hydrogens (primary N) is 1. The first kappa shape index (κ1) is 14.0. The Hall–Kier alpha value is -1.92. The average Bonchev–Trinajstić information content (AvgIpc) is 2.92. The molecule has 0 fully saturated rings. The van der Waals surface area contributed by atoms with Crippen molar-refractivity contribution in [3.63, 3.8) is 0 Å². The topological polar surface area (TPSA) is 69.6 Å². The van der Waals surface area contributed by atoms with Gasteiger partial charge in [-0.1, -0.05) is 35.9 Å². The lowest BCUT2D eigenvalue weighted by Crippen LogP contribution is -2.05. The van der Waals surface area contributed by atoms with Gasteiger partial charge in [0.05, 0.1) is 11.0 Å². The molecule has 0 bridgehead atoms. The molecule has 21 heavy (non-hydrogen) atoms. The maximum atomic E-state index is 6.18. The molecular weight excluding hydrogens is 354 g/mol. The molecule has 0 saturated heterocycles. The van der Waals surface area contributed by atoms with Crippen LogP contribution in [-0.2, 0) is 6.54 Å². The second-order valence-electron chi connectivity index (χ2n) is 4.46. The summed E-state index contributed by atoms with van der Waals surface area (Å²) in [5.41, 5.74) is 8.34. The van der Waals surface area contributed by atoms with Gasteiger partial charge in [0.1, 0.15) is 0 Å². The first-order valence-electron chi connectivity index (χ1n) is 6.21. The van der Waals surface area contributed by atoms with Crippen LogP contribution in [0, 0.1) is 0 Å². The Morgan fingerprint density at radius 1 is 1.14 bits per heavy atom. The van der Waals surface area contributed by atoms with Crippen LogP contribution in [0.5, 0.6) is 0 Å². The molecule has 0 unspecified atom stereocenters. The molecule has 5 nitrogen and oxygen atoms in total. The third-order valence-corrected chi connectivity index (χ3v) is 4.33. The van der Waals surface area contributed by atoms with Gasteiger partial charge in [-0.15, -0.1) is 5.10 Å². The summed E-state index contributed by atoms with van der Waals surface area (Å²) in [7, 11) is 0. The van der Waals surface area contributed by atoms with Gasteiger partial charge in [-0.3, -0.25) is 0 Å². The molecule has 2 aromatic carbocycles. The number of benzene rings is 2. The third-order valence-electron chi connectivity index (χ3n) is 3.08. The number of tetrazole rings is 1. The normalized spacial score (nSPS) is 10.8. The van der Waals surface area contributed by atoms with Crippen molar-refractivity contribution in [2.24, 2.45) is 0 Å². The highest BCUT2D eigenvalue weighted by Gasteiger charge is 2.14. The number of hydrogen-bond acceptors (Lipinski definition) is 4. The van der Waals surface area contributed by atoms with Gasteiger partial charge in [0.25, 0.3) is 0 Å². The summed E-state index contributed by atoms with van der Waals surface area (Å²) < 4.78 is 2.47. The van der Waals surface area contributed by atoms with E-state index in [0.717, 1.165) is 15.6 Å². The molecule has 0 amide bonds. The van der Waals surface area contributed by atoms with E-state index in [4.69, 9.17) is 17.3 Å². The van der Waals surface area contributed by atoms with Crippen molar-refractivity contribution in [2.45, 2.75) is 6.54 Å². The number of aromatic nitrogens is 4. The van der Waals surface area contributed by atoms with E-state index in [1.807, 2.05) is 42.5 Å². The minimum absolute atomic E-state index is 0.489. The SMILES string of the molecule is Nc1cccc(-c2nnnn2Cc2ccccc2Cl)c1Br. The van der Waals surface area contributed by atoms with Crippen molar-refractivity contribution in [3.8, 4) is 11.4 Å². The highest BCUT2D eigenvalue weighted by atomic mass is 79.9. The van der Waals surface area contributed by atoms with E-state index in [2.05, 4.69) is 31.5 Å². The average molecular weight is 365 g/mol. The molecule has 1 aromatic heterocycles. The minimum atomic E-state index is 0.489. The van der Waals surface area contributed by atoms with Gasteiger partial charge in [-0.2, -0.15) is 0 Å². The van der Waals surface area contributed by atoms with Crippen LogP contribution in [0.25, 0.3) is 11.4 Å². The van der Waals surface area contributed by atoms with Crippen molar-refractivity contribution in [3.05, 3.63) is 57.5 Å². The highest BCUT2D eigenvalue weighted by molar-refractivity contribution is 9.10. The van der Waals surface area contributed by atoms with Gasteiger partial charge in [0.15, 0.2) is 5.82 Å². The first-order chi connectivity index (χ1) is 10.2. The van der Waals surface area contributed by atoms with Crippen molar-refractivity contribution < 1.29 is 0 Å². The van der Waals surface area contributed by atoms with E-state index in [-0.39, 0.29) is 0 Å². The molecule has 7 heteroatoms. The maximum absolute atomic E-state index is 6.18. The zero-order valence-corrected chi connectivity index (χ0v) is 13.2. The second kappa shape index (κ2) is 5.83. The second-order valence-corrected chi connectivity index (χ2v) is 5.66. The number of hydrogen-bond donors (Lipinski definition) is 1.